The fourth-order valence-electron chi connectivity index (χ4n) is 2.61. The third kappa shape index (κ3) is 9.09. The maximum Gasteiger partial charge on any atom is 0.191 e. The molecule has 0 spiro atoms. The van der Waals surface area contributed by atoms with Crippen LogP contribution in [0, 0.1) is 5.92 Å². The van der Waals surface area contributed by atoms with Gasteiger partial charge in [-0.3, -0.25) is 4.99 Å². The molecule has 138 valence electrons. The minimum absolute atomic E-state index is 0. The lowest BCUT2D eigenvalue weighted by Gasteiger charge is -2.25. The summed E-state index contributed by atoms with van der Waals surface area (Å²) in [5, 5.41) is 6.47. The molecule has 1 rings (SSSR count). The fraction of sp³-hybridized carbons (Fsp3) is 0.933. The largest absolute Gasteiger partial charge is 0.357 e. The summed E-state index contributed by atoms with van der Waals surface area (Å²) in [6, 6.07) is 0.369. The van der Waals surface area contributed by atoms with Crippen molar-refractivity contribution in [3.63, 3.8) is 0 Å². The maximum atomic E-state index is 11.6. The number of aliphatic imine (C=N–C) groups is 1. The molecule has 0 aromatic heterocycles. The Morgan fingerprint density at radius 1 is 1.35 bits per heavy atom. The first-order valence-electron chi connectivity index (χ1n) is 8.15. The molecule has 0 bridgehead atoms. The van der Waals surface area contributed by atoms with E-state index in [9.17, 15) is 8.42 Å². The Morgan fingerprint density at radius 3 is 2.43 bits per heavy atom. The van der Waals surface area contributed by atoms with Gasteiger partial charge in [-0.15, -0.1) is 24.0 Å². The molecule has 0 amide bonds. The SMILES string of the molecule is CCNC(=NCC(CC(C)C)N(C)C)NC1CCS(=O)(=O)C1.I. The quantitative estimate of drug-likeness (QED) is 0.341. The van der Waals surface area contributed by atoms with Crippen molar-refractivity contribution >= 4 is 39.8 Å². The summed E-state index contributed by atoms with van der Waals surface area (Å²) < 4.78 is 23.1. The van der Waals surface area contributed by atoms with Gasteiger partial charge >= 0.3 is 0 Å². The molecule has 2 N–H and O–H groups in total. The van der Waals surface area contributed by atoms with Gasteiger partial charge in [-0.1, -0.05) is 13.8 Å². The summed E-state index contributed by atoms with van der Waals surface area (Å²) in [5.74, 6) is 1.83. The van der Waals surface area contributed by atoms with Crippen molar-refractivity contribution in [1.82, 2.24) is 15.5 Å². The third-order valence-corrected chi connectivity index (χ3v) is 5.62. The Bertz CT molecular complexity index is 466. The number of sulfone groups is 1. The topological polar surface area (TPSA) is 73.8 Å². The predicted octanol–water partition coefficient (Wildman–Crippen LogP) is 1.32. The zero-order valence-corrected chi connectivity index (χ0v) is 18.1. The van der Waals surface area contributed by atoms with E-state index in [2.05, 4.69) is 48.5 Å². The Hall–Kier alpha value is -0.0900. The highest BCUT2D eigenvalue weighted by Gasteiger charge is 2.28. The molecular formula is C15H33IN4O2S. The van der Waals surface area contributed by atoms with Gasteiger partial charge in [0.05, 0.1) is 18.1 Å². The lowest BCUT2D eigenvalue weighted by atomic mass is 10.0. The van der Waals surface area contributed by atoms with E-state index in [1.54, 1.807) is 0 Å². The van der Waals surface area contributed by atoms with Crippen LogP contribution < -0.4 is 10.6 Å². The molecule has 1 aliphatic rings. The molecule has 0 radical (unpaired) electrons. The second-order valence-corrected chi connectivity index (χ2v) is 8.94. The molecule has 1 fully saturated rings. The van der Waals surface area contributed by atoms with E-state index in [1.807, 2.05) is 6.92 Å². The summed E-state index contributed by atoms with van der Waals surface area (Å²) in [7, 11) is 1.28. The second-order valence-electron chi connectivity index (χ2n) is 6.71. The summed E-state index contributed by atoms with van der Waals surface area (Å²) in [4.78, 5) is 6.86. The minimum Gasteiger partial charge on any atom is -0.357 e. The third-order valence-electron chi connectivity index (χ3n) is 3.85. The zero-order chi connectivity index (χ0) is 16.8. The van der Waals surface area contributed by atoms with Crippen molar-refractivity contribution in [3.8, 4) is 0 Å². The van der Waals surface area contributed by atoms with Crippen LogP contribution in [-0.4, -0.2) is 70.1 Å². The van der Waals surface area contributed by atoms with Crippen LogP contribution in [0.5, 0.6) is 0 Å². The molecule has 2 unspecified atom stereocenters. The van der Waals surface area contributed by atoms with E-state index in [-0.39, 0.29) is 41.5 Å². The fourth-order valence-corrected chi connectivity index (χ4v) is 4.29. The van der Waals surface area contributed by atoms with E-state index >= 15 is 0 Å². The highest BCUT2D eigenvalue weighted by Crippen LogP contribution is 2.12. The molecule has 0 aromatic rings. The minimum atomic E-state index is -2.87. The summed E-state index contributed by atoms with van der Waals surface area (Å²) in [5.41, 5.74) is 0. The van der Waals surface area contributed by atoms with E-state index in [0.717, 1.165) is 18.9 Å². The van der Waals surface area contributed by atoms with Crippen LogP contribution in [0.15, 0.2) is 4.99 Å². The molecule has 1 aliphatic heterocycles. The van der Waals surface area contributed by atoms with Gasteiger partial charge in [0, 0.05) is 18.6 Å². The number of nitrogens with one attached hydrogen (secondary N) is 2. The first-order valence-corrected chi connectivity index (χ1v) is 9.97. The lowest BCUT2D eigenvalue weighted by Crippen LogP contribution is -2.45. The van der Waals surface area contributed by atoms with Gasteiger partial charge in [-0.2, -0.15) is 0 Å². The van der Waals surface area contributed by atoms with Crippen molar-refractivity contribution < 1.29 is 8.42 Å². The Labute approximate surface area is 158 Å². The molecule has 23 heavy (non-hydrogen) atoms. The van der Waals surface area contributed by atoms with Crippen LogP contribution >= 0.6 is 24.0 Å². The van der Waals surface area contributed by atoms with Crippen LogP contribution in [-0.2, 0) is 9.84 Å². The number of hydrogen-bond donors (Lipinski definition) is 2. The van der Waals surface area contributed by atoms with E-state index in [0.29, 0.717) is 24.9 Å². The predicted molar refractivity (Wildman–Crippen MR) is 109 cm³/mol. The number of rotatable bonds is 7. The molecule has 6 nitrogen and oxygen atoms in total. The normalized spacial score (nSPS) is 22.0. The second kappa shape index (κ2) is 10.7. The number of halogens is 1. The van der Waals surface area contributed by atoms with Crippen molar-refractivity contribution in [2.24, 2.45) is 10.9 Å². The number of nitrogens with zero attached hydrogens (tertiary/aromatic N) is 2. The molecular weight excluding hydrogens is 427 g/mol. The molecule has 8 heteroatoms. The van der Waals surface area contributed by atoms with Crippen LogP contribution in [0.3, 0.4) is 0 Å². The summed E-state index contributed by atoms with van der Waals surface area (Å²) in [6.07, 6.45) is 1.75. The van der Waals surface area contributed by atoms with Crippen molar-refractivity contribution in [2.45, 2.75) is 45.7 Å². The van der Waals surface area contributed by atoms with E-state index in [1.165, 1.54) is 0 Å². The van der Waals surface area contributed by atoms with Crippen molar-refractivity contribution in [3.05, 3.63) is 0 Å². The van der Waals surface area contributed by atoms with Gasteiger partial charge in [0.15, 0.2) is 15.8 Å². The van der Waals surface area contributed by atoms with Gasteiger partial charge in [0.1, 0.15) is 0 Å². The highest BCUT2D eigenvalue weighted by molar-refractivity contribution is 14.0. The highest BCUT2D eigenvalue weighted by atomic mass is 127. The number of hydrogen-bond acceptors (Lipinski definition) is 4. The average molecular weight is 460 g/mol. The van der Waals surface area contributed by atoms with Crippen LogP contribution in [0.25, 0.3) is 0 Å². The monoisotopic (exact) mass is 460 g/mol. The Morgan fingerprint density at radius 2 is 2.00 bits per heavy atom. The zero-order valence-electron chi connectivity index (χ0n) is 15.0. The Balaban J connectivity index is 0.00000484. The molecule has 2 atom stereocenters. The Kier molecular flexibility index (Phi) is 10.7. The molecule has 1 saturated heterocycles. The number of guanidine groups is 1. The van der Waals surface area contributed by atoms with Crippen molar-refractivity contribution in [1.29, 1.82) is 0 Å². The molecule has 1 heterocycles. The van der Waals surface area contributed by atoms with Crippen LogP contribution in [0.4, 0.5) is 0 Å². The van der Waals surface area contributed by atoms with Gasteiger partial charge in [-0.25, -0.2) is 8.42 Å². The van der Waals surface area contributed by atoms with Gasteiger partial charge in [0.2, 0.25) is 0 Å². The average Bonchev–Trinajstić information content (AvgIpc) is 2.73. The van der Waals surface area contributed by atoms with Crippen LogP contribution in [0.2, 0.25) is 0 Å². The van der Waals surface area contributed by atoms with Gasteiger partial charge in [0.25, 0.3) is 0 Å². The number of likely N-dealkylation sites (N-methyl/N-ethyl adjacent to an activating group) is 1. The van der Waals surface area contributed by atoms with Gasteiger partial charge in [-0.05, 0) is 39.8 Å². The van der Waals surface area contributed by atoms with Gasteiger partial charge < -0.3 is 15.5 Å². The van der Waals surface area contributed by atoms with E-state index < -0.39 is 9.84 Å². The smallest absolute Gasteiger partial charge is 0.191 e. The maximum absolute atomic E-state index is 11.6. The molecule has 0 aromatic carbocycles. The molecule has 0 saturated carbocycles. The van der Waals surface area contributed by atoms with Crippen LogP contribution in [0.1, 0.15) is 33.6 Å². The first-order chi connectivity index (χ1) is 10.2. The summed E-state index contributed by atoms with van der Waals surface area (Å²) in [6.45, 7) is 7.92. The van der Waals surface area contributed by atoms with E-state index in [4.69, 9.17) is 0 Å². The molecule has 0 aliphatic carbocycles. The first kappa shape index (κ1) is 22.9. The standard InChI is InChI=1S/C15H32N4O2S.HI/c1-6-16-15(18-13-7-8-22(20,21)11-13)17-10-14(19(4)5)9-12(2)3;/h12-14H,6-11H2,1-5H3,(H2,16,17,18);1H. The van der Waals surface area contributed by atoms with Crippen molar-refractivity contribution in [2.75, 3.05) is 38.7 Å². The summed E-state index contributed by atoms with van der Waals surface area (Å²) >= 11 is 0. The lowest BCUT2D eigenvalue weighted by molar-refractivity contribution is 0.261.